The molecule has 2 aliphatic heterocycles. The standard InChI is InChI=1S/C18H23F2N3O/c19-12-2-1-3-14(6-12)22-8-11-4-5-16(15(11)10-22)23-9-13(20)7-17(23)18(21)24/h1-3,6,11,13,15-17H,4-5,7-10H2,(H2,21,24)/t11-,13+,15+,16?,17+/m1/s1. The van der Waals surface area contributed by atoms with Gasteiger partial charge in [-0.15, -0.1) is 0 Å². The maximum atomic E-state index is 13.9. The highest BCUT2D eigenvalue weighted by Crippen LogP contribution is 2.44. The second-order valence-electron chi connectivity index (χ2n) is 7.40. The van der Waals surface area contributed by atoms with Crippen molar-refractivity contribution in [1.82, 2.24) is 4.90 Å². The normalized spacial score (nSPS) is 36.2. The van der Waals surface area contributed by atoms with E-state index in [-0.39, 0.29) is 18.3 Å². The lowest BCUT2D eigenvalue weighted by Gasteiger charge is -2.33. The number of amides is 1. The van der Waals surface area contributed by atoms with Crippen LogP contribution in [0.5, 0.6) is 0 Å². The highest BCUT2D eigenvalue weighted by molar-refractivity contribution is 5.80. The number of hydrogen-bond donors (Lipinski definition) is 1. The van der Waals surface area contributed by atoms with Crippen molar-refractivity contribution in [3.63, 3.8) is 0 Å². The van der Waals surface area contributed by atoms with Crippen molar-refractivity contribution in [3.8, 4) is 0 Å². The monoisotopic (exact) mass is 335 g/mol. The highest BCUT2D eigenvalue weighted by Gasteiger charge is 2.49. The van der Waals surface area contributed by atoms with Crippen LogP contribution in [0.2, 0.25) is 0 Å². The van der Waals surface area contributed by atoms with E-state index < -0.39 is 18.1 Å². The van der Waals surface area contributed by atoms with Crippen LogP contribution in [0.25, 0.3) is 0 Å². The van der Waals surface area contributed by atoms with Crippen LogP contribution in [0, 0.1) is 17.7 Å². The number of alkyl halides is 1. The van der Waals surface area contributed by atoms with E-state index in [0.29, 0.717) is 18.4 Å². The van der Waals surface area contributed by atoms with Gasteiger partial charge in [0, 0.05) is 37.8 Å². The fourth-order valence-electron chi connectivity index (χ4n) is 4.99. The lowest BCUT2D eigenvalue weighted by atomic mass is 9.96. The summed E-state index contributed by atoms with van der Waals surface area (Å²) < 4.78 is 27.4. The number of anilines is 1. The Morgan fingerprint density at radius 1 is 1.21 bits per heavy atom. The van der Waals surface area contributed by atoms with E-state index in [4.69, 9.17) is 5.73 Å². The van der Waals surface area contributed by atoms with E-state index in [1.165, 1.54) is 6.07 Å². The molecule has 3 aliphatic rings. The molecule has 2 saturated heterocycles. The molecule has 1 aliphatic carbocycles. The molecule has 0 spiro atoms. The minimum Gasteiger partial charge on any atom is -0.371 e. The molecule has 0 bridgehead atoms. The van der Waals surface area contributed by atoms with Gasteiger partial charge in [-0.05, 0) is 42.9 Å². The maximum absolute atomic E-state index is 13.9. The Morgan fingerprint density at radius 2 is 2.04 bits per heavy atom. The number of carbonyl (C=O) groups excluding carboxylic acids is 1. The average Bonchev–Trinajstić information content (AvgIpc) is 3.20. The quantitative estimate of drug-likeness (QED) is 0.918. The summed E-state index contributed by atoms with van der Waals surface area (Å²) in [5, 5.41) is 0. The van der Waals surface area contributed by atoms with Gasteiger partial charge < -0.3 is 10.6 Å². The first-order valence-corrected chi connectivity index (χ1v) is 8.72. The summed E-state index contributed by atoms with van der Waals surface area (Å²) in [6, 6.07) is 6.40. The average molecular weight is 335 g/mol. The van der Waals surface area contributed by atoms with Gasteiger partial charge in [-0.2, -0.15) is 0 Å². The zero-order valence-corrected chi connectivity index (χ0v) is 13.6. The second kappa shape index (κ2) is 5.99. The van der Waals surface area contributed by atoms with Gasteiger partial charge in [0.2, 0.25) is 5.91 Å². The Balaban J connectivity index is 1.51. The number of nitrogens with zero attached hydrogens (tertiary/aromatic N) is 2. The van der Waals surface area contributed by atoms with Crippen molar-refractivity contribution in [2.75, 3.05) is 24.5 Å². The van der Waals surface area contributed by atoms with Crippen LogP contribution >= 0.6 is 0 Å². The number of halogens is 2. The molecule has 5 atom stereocenters. The van der Waals surface area contributed by atoms with Crippen LogP contribution in [0.15, 0.2) is 24.3 Å². The molecule has 2 N–H and O–H groups in total. The van der Waals surface area contributed by atoms with Crippen molar-refractivity contribution >= 4 is 11.6 Å². The molecule has 1 aromatic carbocycles. The molecule has 24 heavy (non-hydrogen) atoms. The van der Waals surface area contributed by atoms with Crippen molar-refractivity contribution in [2.24, 2.45) is 17.6 Å². The van der Waals surface area contributed by atoms with Crippen LogP contribution in [0.1, 0.15) is 19.3 Å². The molecule has 1 saturated carbocycles. The summed E-state index contributed by atoms with van der Waals surface area (Å²) >= 11 is 0. The van der Waals surface area contributed by atoms with E-state index in [1.54, 1.807) is 12.1 Å². The van der Waals surface area contributed by atoms with E-state index >= 15 is 0 Å². The third-order valence-corrected chi connectivity index (χ3v) is 6.04. The summed E-state index contributed by atoms with van der Waals surface area (Å²) in [4.78, 5) is 15.9. The van der Waals surface area contributed by atoms with E-state index in [9.17, 15) is 13.6 Å². The number of carbonyl (C=O) groups is 1. The van der Waals surface area contributed by atoms with E-state index in [2.05, 4.69) is 4.90 Å². The molecular formula is C18H23F2N3O. The Kier molecular flexibility index (Phi) is 3.95. The Morgan fingerprint density at radius 3 is 2.79 bits per heavy atom. The van der Waals surface area contributed by atoms with Gasteiger partial charge in [0.15, 0.2) is 0 Å². The Hall–Kier alpha value is -1.69. The molecule has 0 radical (unpaired) electrons. The molecule has 1 amide bonds. The third kappa shape index (κ3) is 2.66. The lowest BCUT2D eigenvalue weighted by molar-refractivity contribution is -0.123. The minimum absolute atomic E-state index is 0.201. The third-order valence-electron chi connectivity index (χ3n) is 6.04. The number of hydrogen-bond acceptors (Lipinski definition) is 3. The fourth-order valence-corrected chi connectivity index (χ4v) is 4.99. The Labute approximate surface area is 140 Å². The number of nitrogens with two attached hydrogens (primary N) is 1. The fraction of sp³-hybridized carbons (Fsp3) is 0.611. The van der Waals surface area contributed by atoms with Crippen LogP contribution in [-0.4, -0.2) is 48.7 Å². The van der Waals surface area contributed by atoms with Gasteiger partial charge in [-0.3, -0.25) is 9.69 Å². The smallest absolute Gasteiger partial charge is 0.234 e. The molecular weight excluding hydrogens is 312 g/mol. The number of primary amides is 1. The maximum Gasteiger partial charge on any atom is 0.234 e. The van der Waals surface area contributed by atoms with Crippen molar-refractivity contribution < 1.29 is 13.6 Å². The largest absolute Gasteiger partial charge is 0.371 e. The van der Waals surface area contributed by atoms with Crippen LogP contribution < -0.4 is 10.6 Å². The van der Waals surface area contributed by atoms with E-state index in [1.807, 2.05) is 11.0 Å². The molecule has 4 rings (SSSR count). The SMILES string of the molecule is NC(=O)[C@@H]1C[C@H](F)CN1C1CC[C@@H]2CN(c3cccc(F)c3)C[C@H]12. The number of fused-ring (bicyclic) bond motifs is 1. The molecule has 1 unspecified atom stereocenters. The molecule has 4 nitrogen and oxygen atoms in total. The summed E-state index contributed by atoms with van der Waals surface area (Å²) in [5.74, 6) is 0.263. The molecule has 6 heteroatoms. The van der Waals surface area contributed by atoms with Gasteiger partial charge >= 0.3 is 0 Å². The van der Waals surface area contributed by atoms with Gasteiger partial charge in [0.1, 0.15) is 12.0 Å². The zero-order valence-electron chi connectivity index (χ0n) is 13.6. The van der Waals surface area contributed by atoms with Gasteiger partial charge in [0.05, 0.1) is 6.04 Å². The Bertz CT molecular complexity index is 640. The molecule has 2 heterocycles. The summed E-state index contributed by atoms with van der Waals surface area (Å²) in [6.07, 6.45) is 1.31. The van der Waals surface area contributed by atoms with Gasteiger partial charge in [0.25, 0.3) is 0 Å². The first kappa shape index (κ1) is 15.8. The molecule has 130 valence electrons. The first-order chi connectivity index (χ1) is 11.5. The number of benzene rings is 1. The van der Waals surface area contributed by atoms with Gasteiger partial charge in [-0.25, -0.2) is 8.78 Å². The zero-order chi connectivity index (χ0) is 16.8. The van der Waals surface area contributed by atoms with E-state index in [0.717, 1.165) is 31.6 Å². The number of likely N-dealkylation sites (tertiary alicyclic amines) is 1. The molecule has 3 fully saturated rings. The van der Waals surface area contributed by atoms with Crippen LogP contribution in [0.4, 0.5) is 14.5 Å². The van der Waals surface area contributed by atoms with Crippen LogP contribution in [-0.2, 0) is 4.79 Å². The predicted molar refractivity (Wildman–Crippen MR) is 87.8 cm³/mol. The van der Waals surface area contributed by atoms with Crippen LogP contribution in [0.3, 0.4) is 0 Å². The molecule has 0 aromatic heterocycles. The van der Waals surface area contributed by atoms with Crippen molar-refractivity contribution in [2.45, 2.75) is 37.5 Å². The topological polar surface area (TPSA) is 49.6 Å². The summed E-state index contributed by atoms with van der Waals surface area (Å²) in [6.45, 7) is 2.04. The highest BCUT2D eigenvalue weighted by atomic mass is 19.1. The second-order valence-corrected chi connectivity index (χ2v) is 7.40. The lowest BCUT2D eigenvalue weighted by Crippen LogP contribution is -2.48. The number of rotatable bonds is 3. The summed E-state index contributed by atoms with van der Waals surface area (Å²) in [7, 11) is 0. The predicted octanol–water partition coefficient (Wildman–Crippen LogP) is 1.94. The van der Waals surface area contributed by atoms with Crippen molar-refractivity contribution in [1.29, 1.82) is 0 Å². The van der Waals surface area contributed by atoms with Gasteiger partial charge in [-0.1, -0.05) is 6.07 Å². The first-order valence-electron chi connectivity index (χ1n) is 8.72. The summed E-state index contributed by atoms with van der Waals surface area (Å²) in [5.41, 5.74) is 6.39. The van der Waals surface area contributed by atoms with Crippen molar-refractivity contribution in [3.05, 3.63) is 30.1 Å². The minimum atomic E-state index is -0.970. The molecule has 1 aromatic rings.